The Morgan fingerprint density at radius 3 is 2.42 bits per heavy atom. The molecule has 0 aliphatic carbocycles. The lowest BCUT2D eigenvalue weighted by Crippen LogP contribution is -2.39. The van der Waals surface area contributed by atoms with E-state index in [-0.39, 0.29) is 5.91 Å². The Hall–Kier alpha value is -1.31. The maximum atomic E-state index is 12.3. The molecule has 0 unspecified atom stereocenters. The van der Waals surface area contributed by atoms with Crippen LogP contribution in [0, 0.1) is 6.92 Å². The van der Waals surface area contributed by atoms with Gasteiger partial charge >= 0.3 is 0 Å². The zero-order valence-electron chi connectivity index (χ0n) is 12.8. The lowest BCUT2D eigenvalue weighted by atomic mass is 10.1. The molecule has 0 heterocycles. The van der Waals surface area contributed by atoms with Crippen LogP contribution in [0.1, 0.15) is 57.6 Å². The molecule has 0 aliphatic heterocycles. The zero-order chi connectivity index (χ0) is 14.3. The zero-order valence-corrected chi connectivity index (χ0v) is 12.8. The lowest BCUT2D eigenvalue weighted by molar-refractivity contribution is -0.134. The number of nitrogens with zero attached hydrogens (tertiary/aromatic N) is 1. The Morgan fingerprint density at radius 2 is 1.89 bits per heavy atom. The second-order valence-electron chi connectivity index (χ2n) is 5.23. The van der Waals surface area contributed by atoms with Gasteiger partial charge in [0.15, 0.2) is 0 Å². The predicted molar refractivity (Wildman–Crippen MR) is 81.0 cm³/mol. The van der Waals surface area contributed by atoms with Crippen molar-refractivity contribution in [2.24, 2.45) is 0 Å². The number of aryl methyl sites for hydroxylation is 1. The molecule has 0 radical (unpaired) electrons. The van der Waals surface area contributed by atoms with Gasteiger partial charge in [0.1, 0.15) is 0 Å². The van der Waals surface area contributed by atoms with Crippen LogP contribution in [0.2, 0.25) is 0 Å². The van der Waals surface area contributed by atoms with E-state index < -0.39 is 0 Å². The van der Waals surface area contributed by atoms with Crippen LogP contribution in [-0.2, 0) is 11.3 Å². The highest BCUT2D eigenvalue weighted by Gasteiger charge is 2.20. The summed E-state index contributed by atoms with van der Waals surface area (Å²) in [6.45, 7) is 9.23. The molecule has 1 amide bonds. The van der Waals surface area contributed by atoms with Crippen molar-refractivity contribution in [3.05, 3.63) is 35.4 Å². The fourth-order valence-electron chi connectivity index (χ4n) is 2.52. The molecule has 1 rings (SSSR count). The highest BCUT2D eigenvalue weighted by Crippen LogP contribution is 2.16. The highest BCUT2D eigenvalue weighted by molar-refractivity contribution is 5.76. The Bertz CT molecular complexity index is 396. The normalized spacial score (nSPS) is 10.8. The van der Waals surface area contributed by atoms with E-state index in [0.717, 1.165) is 25.8 Å². The number of hydrogen-bond donors (Lipinski definition) is 0. The number of rotatable bonds is 7. The number of hydrogen-bond acceptors (Lipinski definition) is 1. The van der Waals surface area contributed by atoms with E-state index in [0.29, 0.717) is 12.5 Å². The number of carbonyl (C=O) groups is 1. The molecule has 0 aliphatic rings. The second-order valence-corrected chi connectivity index (χ2v) is 5.23. The lowest BCUT2D eigenvalue weighted by Gasteiger charge is -2.31. The van der Waals surface area contributed by atoms with Crippen molar-refractivity contribution in [2.75, 3.05) is 0 Å². The molecule has 0 atom stereocenters. The van der Waals surface area contributed by atoms with E-state index in [4.69, 9.17) is 0 Å². The van der Waals surface area contributed by atoms with E-state index in [1.54, 1.807) is 0 Å². The molecule has 0 spiro atoms. The van der Waals surface area contributed by atoms with Crippen molar-refractivity contribution < 1.29 is 4.79 Å². The molecule has 0 saturated heterocycles. The molecule has 1 aromatic rings. The smallest absolute Gasteiger partial charge is 0.223 e. The summed E-state index contributed by atoms with van der Waals surface area (Å²) in [5, 5.41) is 0. The molecule has 2 nitrogen and oxygen atoms in total. The molecule has 19 heavy (non-hydrogen) atoms. The summed E-state index contributed by atoms with van der Waals surface area (Å²) in [5.41, 5.74) is 2.49. The first-order valence-corrected chi connectivity index (χ1v) is 7.47. The van der Waals surface area contributed by atoms with Gasteiger partial charge in [-0.15, -0.1) is 0 Å². The molecular formula is C17H27NO. The maximum Gasteiger partial charge on any atom is 0.223 e. The van der Waals surface area contributed by atoms with Gasteiger partial charge in [-0.3, -0.25) is 4.79 Å². The molecule has 0 bridgehead atoms. The van der Waals surface area contributed by atoms with E-state index in [1.165, 1.54) is 11.1 Å². The van der Waals surface area contributed by atoms with Gasteiger partial charge in [0.05, 0.1) is 0 Å². The molecular weight excluding hydrogens is 234 g/mol. The summed E-state index contributed by atoms with van der Waals surface area (Å²) in [6.07, 6.45) is 3.63. The van der Waals surface area contributed by atoms with Gasteiger partial charge in [-0.25, -0.2) is 0 Å². The van der Waals surface area contributed by atoms with E-state index in [1.807, 2.05) is 0 Å². The second kappa shape index (κ2) is 7.98. The van der Waals surface area contributed by atoms with Crippen LogP contribution in [0.15, 0.2) is 24.3 Å². The summed E-state index contributed by atoms with van der Waals surface area (Å²) in [7, 11) is 0. The van der Waals surface area contributed by atoms with Gasteiger partial charge in [-0.1, -0.05) is 50.6 Å². The number of amides is 1. The van der Waals surface area contributed by atoms with Crippen LogP contribution in [0.3, 0.4) is 0 Å². The van der Waals surface area contributed by atoms with Gasteiger partial charge in [0, 0.05) is 19.0 Å². The minimum Gasteiger partial charge on any atom is -0.335 e. The first kappa shape index (κ1) is 15.7. The summed E-state index contributed by atoms with van der Waals surface area (Å²) in [6, 6.07) is 8.81. The number of carbonyl (C=O) groups excluding carboxylic acids is 1. The van der Waals surface area contributed by atoms with Crippen LogP contribution >= 0.6 is 0 Å². The molecule has 0 N–H and O–H groups in total. The van der Waals surface area contributed by atoms with E-state index in [9.17, 15) is 4.79 Å². The van der Waals surface area contributed by atoms with Crippen molar-refractivity contribution in [2.45, 2.75) is 66.0 Å². The topological polar surface area (TPSA) is 20.3 Å². The van der Waals surface area contributed by atoms with Crippen molar-refractivity contribution >= 4 is 5.91 Å². The molecule has 0 aromatic heterocycles. The molecule has 0 fully saturated rings. The average Bonchev–Trinajstić information content (AvgIpc) is 2.39. The first-order chi connectivity index (χ1) is 9.12. The third-order valence-electron chi connectivity index (χ3n) is 3.60. The van der Waals surface area contributed by atoms with Crippen molar-refractivity contribution in [3.8, 4) is 0 Å². The maximum absolute atomic E-state index is 12.3. The minimum absolute atomic E-state index is 0.290. The summed E-state index contributed by atoms with van der Waals surface area (Å²) in [4.78, 5) is 14.4. The molecule has 106 valence electrons. The highest BCUT2D eigenvalue weighted by atomic mass is 16.2. The van der Waals surface area contributed by atoms with Crippen LogP contribution in [0.4, 0.5) is 0 Å². The Morgan fingerprint density at radius 1 is 1.21 bits per heavy atom. The quantitative estimate of drug-likeness (QED) is 0.716. The fourth-order valence-corrected chi connectivity index (χ4v) is 2.52. The first-order valence-electron chi connectivity index (χ1n) is 7.47. The molecule has 1 aromatic carbocycles. The average molecular weight is 261 g/mol. The fraction of sp³-hybridized carbons (Fsp3) is 0.588. The summed E-state index contributed by atoms with van der Waals surface area (Å²) < 4.78 is 0. The minimum atomic E-state index is 0.290. The van der Waals surface area contributed by atoms with Gasteiger partial charge in [-0.2, -0.15) is 0 Å². The van der Waals surface area contributed by atoms with Crippen LogP contribution in [-0.4, -0.2) is 16.8 Å². The van der Waals surface area contributed by atoms with Gasteiger partial charge in [-0.05, 0) is 31.7 Å². The van der Waals surface area contributed by atoms with Gasteiger partial charge in [0.25, 0.3) is 0 Å². The van der Waals surface area contributed by atoms with Crippen LogP contribution < -0.4 is 0 Å². The van der Waals surface area contributed by atoms with Crippen molar-refractivity contribution in [3.63, 3.8) is 0 Å². The summed E-state index contributed by atoms with van der Waals surface area (Å²) >= 11 is 0. The Labute approximate surface area is 117 Å². The van der Waals surface area contributed by atoms with E-state index >= 15 is 0 Å². The Kier molecular flexibility index (Phi) is 6.61. The SMILES string of the molecule is CCCC(=O)N(Cc1cccc(C)c1)C(CC)CC. The largest absolute Gasteiger partial charge is 0.335 e. The van der Waals surface area contributed by atoms with Crippen LogP contribution in [0.5, 0.6) is 0 Å². The standard InChI is InChI=1S/C17H27NO/c1-5-9-17(19)18(16(6-2)7-3)13-15-11-8-10-14(4)12-15/h8,10-12,16H,5-7,9,13H2,1-4H3. The van der Waals surface area contributed by atoms with Gasteiger partial charge < -0.3 is 4.90 Å². The third-order valence-corrected chi connectivity index (χ3v) is 3.60. The Balaban J connectivity index is 2.87. The number of benzene rings is 1. The monoisotopic (exact) mass is 261 g/mol. The predicted octanol–water partition coefficient (Wildman–Crippen LogP) is 4.31. The molecule has 2 heteroatoms. The van der Waals surface area contributed by atoms with E-state index in [2.05, 4.69) is 56.9 Å². The third kappa shape index (κ3) is 4.70. The summed E-state index contributed by atoms with van der Waals surface area (Å²) in [5.74, 6) is 0.290. The van der Waals surface area contributed by atoms with Gasteiger partial charge in [0.2, 0.25) is 5.91 Å². The van der Waals surface area contributed by atoms with Crippen molar-refractivity contribution in [1.82, 2.24) is 4.90 Å². The molecule has 0 saturated carbocycles. The van der Waals surface area contributed by atoms with Crippen molar-refractivity contribution in [1.29, 1.82) is 0 Å². The van der Waals surface area contributed by atoms with Crippen LogP contribution in [0.25, 0.3) is 0 Å².